The van der Waals surface area contributed by atoms with E-state index >= 15 is 0 Å². The Morgan fingerprint density at radius 1 is 0.868 bits per heavy atom. The molecule has 3 aromatic rings. The number of hydrogen-bond acceptors (Lipinski definition) is 5. The average molecular weight is 516 g/mol. The summed E-state index contributed by atoms with van der Waals surface area (Å²) in [5.74, 6) is 0. The van der Waals surface area contributed by atoms with E-state index in [0.717, 1.165) is 43.5 Å². The molecule has 0 saturated carbocycles. The standard InChI is InChI=1S/C31H37N3O4/c1-24-15-16-26(20-25(24)2)17-19-33-18-9-14-29(21-33)34(31(36)38-23-28-12-7-4-8-13-28)32-30(35)37-22-27-10-5-3-6-11-27/h3-8,10-13,15-16,20,29H,9,14,17-19,21-23H2,1-2H3,(H,32,35). The minimum absolute atomic E-state index is 0.117. The fourth-order valence-electron chi connectivity index (χ4n) is 4.62. The number of likely N-dealkylation sites (tertiary alicyclic amines) is 1. The molecule has 38 heavy (non-hydrogen) atoms. The Bertz CT molecular complexity index is 1190. The Morgan fingerprint density at radius 3 is 2.18 bits per heavy atom. The highest BCUT2D eigenvalue weighted by atomic mass is 16.6. The summed E-state index contributed by atoms with van der Waals surface area (Å²) in [6, 6.07) is 25.3. The predicted octanol–water partition coefficient (Wildman–Crippen LogP) is 5.79. The summed E-state index contributed by atoms with van der Waals surface area (Å²) < 4.78 is 11.0. The second kappa shape index (κ2) is 13.6. The van der Waals surface area contributed by atoms with Gasteiger partial charge in [0.1, 0.15) is 13.2 Å². The van der Waals surface area contributed by atoms with Crippen LogP contribution in [0.25, 0.3) is 0 Å². The zero-order valence-corrected chi connectivity index (χ0v) is 22.3. The number of amides is 2. The van der Waals surface area contributed by atoms with Crippen molar-refractivity contribution in [3.05, 3.63) is 107 Å². The third-order valence-corrected chi connectivity index (χ3v) is 6.96. The van der Waals surface area contributed by atoms with Gasteiger partial charge in [0.25, 0.3) is 0 Å². The summed E-state index contributed by atoms with van der Waals surface area (Å²) in [4.78, 5) is 28.2. The maximum Gasteiger partial charge on any atom is 0.429 e. The summed E-state index contributed by atoms with van der Waals surface area (Å²) in [5, 5.41) is 1.32. The highest BCUT2D eigenvalue weighted by molar-refractivity contribution is 5.74. The van der Waals surface area contributed by atoms with Crippen LogP contribution in [0.15, 0.2) is 78.9 Å². The monoisotopic (exact) mass is 515 g/mol. The molecule has 200 valence electrons. The molecule has 1 unspecified atom stereocenters. The zero-order valence-electron chi connectivity index (χ0n) is 22.3. The van der Waals surface area contributed by atoms with Gasteiger partial charge in [0.05, 0.1) is 6.04 Å². The van der Waals surface area contributed by atoms with Crippen LogP contribution < -0.4 is 5.43 Å². The van der Waals surface area contributed by atoms with Crippen molar-refractivity contribution < 1.29 is 19.1 Å². The van der Waals surface area contributed by atoms with Crippen LogP contribution in [0.1, 0.15) is 40.7 Å². The molecule has 7 heteroatoms. The predicted molar refractivity (Wildman–Crippen MR) is 147 cm³/mol. The second-order valence-electron chi connectivity index (χ2n) is 9.85. The van der Waals surface area contributed by atoms with E-state index in [-0.39, 0.29) is 19.3 Å². The lowest BCUT2D eigenvalue weighted by Gasteiger charge is -2.38. The number of rotatable bonds is 8. The largest absolute Gasteiger partial charge is 0.443 e. The summed E-state index contributed by atoms with van der Waals surface area (Å²) in [7, 11) is 0. The summed E-state index contributed by atoms with van der Waals surface area (Å²) in [6.07, 6.45) is 1.34. The first-order valence-electron chi connectivity index (χ1n) is 13.2. The Labute approximate surface area is 225 Å². The molecule has 1 aliphatic heterocycles. The van der Waals surface area contributed by atoms with Crippen LogP contribution in [-0.2, 0) is 29.1 Å². The van der Waals surface area contributed by atoms with Gasteiger partial charge in [-0.1, -0.05) is 78.9 Å². The van der Waals surface area contributed by atoms with Gasteiger partial charge in [0.15, 0.2) is 0 Å². The van der Waals surface area contributed by atoms with E-state index in [0.29, 0.717) is 6.54 Å². The van der Waals surface area contributed by atoms with Gasteiger partial charge in [-0.15, -0.1) is 0 Å². The van der Waals surface area contributed by atoms with Crippen LogP contribution in [-0.4, -0.2) is 47.8 Å². The molecule has 0 bridgehead atoms. The first kappa shape index (κ1) is 27.2. The van der Waals surface area contributed by atoms with Crippen LogP contribution >= 0.6 is 0 Å². The molecule has 2 amide bonds. The molecule has 0 spiro atoms. The van der Waals surface area contributed by atoms with Gasteiger partial charge in [0.2, 0.25) is 0 Å². The molecule has 1 aliphatic rings. The zero-order chi connectivity index (χ0) is 26.7. The quantitative estimate of drug-likeness (QED) is 0.385. The molecule has 1 atom stereocenters. The van der Waals surface area contributed by atoms with Crippen molar-refractivity contribution in [2.45, 2.75) is 52.4 Å². The maximum atomic E-state index is 13.2. The van der Waals surface area contributed by atoms with E-state index in [9.17, 15) is 9.59 Å². The topological polar surface area (TPSA) is 71.1 Å². The molecule has 3 aromatic carbocycles. The molecule has 1 N–H and O–H groups in total. The molecule has 4 rings (SSSR count). The lowest BCUT2D eigenvalue weighted by atomic mass is 10.0. The summed E-state index contributed by atoms with van der Waals surface area (Å²) in [5.41, 5.74) is 8.32. The number of piperidine rings is 1. The normalized spacial score (nSPS) is 15.5. The molecule has 0 aromatic heterocycles. The Morgan fingerprint density at radius 2 is 1.53 bits per heavy atom. The van der Waals surface area contributed by atoms with Gasteiger partial charge < -0.3 is 14.4 Å². The number of aryl methyl sites for hydroxylation is 2. The number of hydrogen-bond donors (Lipinski definition) is 1. The van der Waals surface area contributed by atoms with Crippen molar-refractivity contribution in [1.82, 2.24) is 15.3 Å². The first-order valence-corrected chi connectivity index (χ1v) is 13.2. The van der Waals surface area contributed by atoms with E-state index < -0.39 is 12.2 Å². The highest BCUT2D eigenvalue weighted by Gasteiger charge is 2.31. The highest BCUT2D eigenvalue weighted by Crippen LogP contribution is 2.18. The van der Waals surface area contributed by atoms with Gasteiger partial charge in [-0.3, -0.25) is 0 Å². The van der Waals surface area contributed by atoms with E-state index in [1.807, 2.05) is 60.7 Å². The Balaban J connectivity index is 1.38. The van der Waals surface area contributed by atoms with Gasteiger partial charge >= 0.3 is 12.2 Å². The van der Waals surface area contributed by atoms with Crippen molar-refractivity contribution in [2.24, 2.45) is 0 Å². The average Bonchev–Trinajstić information content (AvgIpc) is 2.95. The number of ether oxygens (including phenoxy) is 2. The molecule has 0 radical (unpaired) electrons. The molecule has 1 saturated heterocycles. The van der Waals surface area contributed by atoms with Crippen LogP contribution in [0.5, 0.6) is 0 Å². The first-order chi connectivity index (χ1) is 18.5. The molecule has 7 nitrogen and oxygen atoms in total. The van der Waals surface area contributed by atoms with Crippen molar-refractivity contribution >= 4 is 12.2 Å². The number of nitrogens with zero attached hydrogens (tertiary/aromatic N) is 2. The SMILES string of the molecule is Cc1ccc(CCN2CCCC(N(NC(=O)OCc3ccccc3)C(=O)OCc3ccccc3)C2)cc1C. The molecular weight excluding hydrogens is 478 g/mol. The van der Waals surface area contributed by atoms with Crippen molar-refractivity contribution in [3.63, 3.8) is 0 Å². The second-order valence-corrected chi connectivity index (χ2v) is 9.85. The van der Waals surface area contributed by atoms with E-state index in [1.165, 1.54) is 21.7 Å². The van der Waals surface area contributed by atoms with E-state index in [4.69, 9.17) is 9.47 Å². The lowest BCUT2D eigenvalue weighted by Crippen LogP contribution is -2.57. The third kappa shape index (κ3) is 8.08. The number of benzene rings is 3. The number of nitrogens with one attached hydrogen (secondary N) is 1. The van der Waals surface area contributed by atoms with Crippen LogP contribution in [0.2, 0.25) is 0 Å². The van der Waals surface area contributed by atoms with E-state index in [2.05, 4.69) is 42.4 Å². The van der Waals surface area contributed by atoms with Crippen molar-refractivity contribution in [3.8, 4) is 0 Å². The van der Waals surface area contributed by atoms with Crippen molar-refractivity contribution in [1.29, 1.82) is 0 Å². The molecule has 1 heterocycles. The number of hydrazine groups is 1. The van der Waals surface area contributed by atoms with Gasteiger partial charge in [-0.05, 0) is 67.5 Å². The number of carbonyl (C=O) groups excluding carboxylic acids is 2. The minimum atomic E-state index is -0.683. The Hall–Kier alpha value is -3.84. The number of carbonyl (C=O) groups is 2. The lowest BCUT2D eigenvalue weighted by molar-refractivity contribution is 0.0258. The summed E-state index contributed by atoms with van der Waals surface area (Å²) in [6.45, 7) is 6.97. The molecular formula is C31H37N3O4. The Kier molecular flexibility index (Phi) is 9.76. The van der Waals surface area contributed by atoms with Gasteiger partial charge in [-0.2, -0.15) is 0 Å². The summed E-state index contributed by atoms with van der Waals surface area (Å²) >= 11 is 0. The van der Waals surface area contributed by atoms with Gasteiger partial charge in [-0.25, -0.2) is 20.0 Å². The molecule has 1 fully saturated rings. The minimum Gasteiger partial charge on any atom is -0.443 e. The smallest absolute Gasteiger partial charge is 0.429 e. The van der Waals surface area contributed by atoms with Gasteiger partial charge in [0, 0.05) is 13.1 Å². The van der Waals surface area contributed by atoms with Crippen LogP contribution in [0.3, 0.4) is 0 Å². The van der Waals surface area contributed by atoms with Crippen LogP contribution in [0.4, 0.5) is 9.59 Å². The maximum absolute atomic E-state index is 13.2. The fraction of sp³-hybridized carbons (Fsp3) is 0.355. The fourth-order valence-corrected chi connectivity index (χ4v) is 4.62. The molecule has 0 aliphatic carbocycles. The van der Waals surface area contributed by atoms with E-state index in [1.54, 1.807) is 0 Å². The van der Waals surface area contributed by atoms with Crippen LogP contribution in [0, 0.1) is 13.8 Å². The third-order valence-electron chi connectivity index (χ3n) is 6.96. The van der Waals surface area contributed by atoms with Crippen molar-refractivity contribution in [2.75, 3.05) is 19.6 Å².